The number of methoxy groups -OCH3 is 1. The summed E-state index contributed by atoms with van der Waals surface area (Å²) in [6.45, 7) is 2.49. The number of ether oxygens (including phenoxy) is 1. The first-order valence-electron chi connectivity index (χ1n) is 7.19. The van der Waals surface area contributed by atoms with E-state index < -0.39 is 0 Å². The summed E-state index contributed by atoms with van der Waals surface area (Å²) in [7, 11) is 1.63. The summed E-state index contributed by atoms with van der Waals surface area (Å²) in [5, 5.41) is 6.05. The molecule has 0 heterocycles. The summed E-state index contributed by atoms with van der Waals surface area (Å²) in [6, 6.07) is 17.3. The second-order valence-corrected chi connectivity index (χ2v) is 4.68. The number of amides is 1. The van der Waals surface area contributed by atoms with E-state index in [1.165, 1.54) is 0 Å². The molecule has 114 valence electrons. The topological polar surface area (TPSA) is 50.4 Å². The van der Waals surface area contributed by atoms with Crippen LogP contribution in [0.1, 0.15) is 12.5 Å². The van der Waals surface area contributed by atoms with E-state index in [2.05, 4.69) is 10.6 Å². The summed E-state index contributed by atoms with van der Waals surface area (Å²) < 4.78 is 5.22. The van der Waals surface area contributed by atoms with Crippen LogP contribution in [-0.4, -0.2) is 19.6 Å². The molecule has 0 fully saturated rings. The number of rotatable bonds is 6. The van der Waals surface area contributed by atoms with Gasteiger partial charge in [0, 0.05) is 24.4 Å². The standard InChI is InChI=1S/C18H20N2O2/c1-3-19-18(21)13-17(14-8-5-4-6-9-14)20-15-10-7-11-16(12-15)22-2/h4-13,20H,3H2,1-2H3,(H,19,21)/b17-13-. The number of carbonyl (C=O) groups is 1. The maximum absolute atomic E-state index is 11.9. The third kappa shape index (κ3) is 4.38. The monoisotopic (exact) mass is 296 g/mol. The molecule has 2 aromatic rings. The third-order valence-electron chi connectivity index (χ3n) is 3.06. The van der Waals surface area contributed by atoms with Crippen LogP contribution in [-0.2, 0) is 4.79 Å². The quantitative estimate of drug-likeness (QED) is 0.804. The Morgan fingerprint density at radius 2 is 1.91 bits per heavy atom. The van der Waals surface area contributed by atoms with Crippen molar-refractivity contribution >= 4 is 17.3 Å². The second kappa shape index (κ2) is 7.88. The summed E-state index contributed by atoms with van der Waals surface area (Å²) in [5.41, 5.74) is 2.54. The number of likely N-dealkylation sites (N-methyl/N-ethyl adjacent to an activating group) is 1. The van der Waals surface area contributed by atoms with E-state index in [1.54, 1.807) is 13.2 Å². The van der Waals surface area contributed by atoms with Gasteiger partial charge < -0.3 is 15.4 Å². The lowest BCUT2D eigenvalue weighted by atomic mass is 10.1. The predicted molar refractivity (Wildman–Crippen MR) is 89.7 cm³/mol. The molecule has 1 amide bonds. The molecule has 0 bridgehead atoms. The number of hydrogen-bond acceptors (Lipinski definition) is 3. The van der Waals surface area contributed by atoms with Gasteiger partial charge in [-0.2, -0.15) is 0 Å². The minimum absolute atomic E-state index is 0.128. The fourth-order valence-corrected chi connectivity index (χ4v) is 2.02. The SMILES string of the molecule is CCNC(=O)/C=C(\Nc1cccc(OC)c1)c1ccccc1. The summed E-state index contributed by atoms with van der Waals surface area (Å²) in [5.74, 6) is 0.632. The van der Waals surface area contributed by atoms with E-state index in [9.17, 15) is 4.79 Å². The van der Waals surface area contributed by atoms with E-state index in [0.29, 0.717) is 6.54 Å². The van der Waals surface area contributed by atoms with Gasteiger partial charge in [-0.1, -0.05) is 36.4 Å². The maximum atomic E-state index is 11.9. The number of benzene rings is 2. The maximum Gasteiger partial charge on any atom is 0.246 e. The van der Waals surface area contributed by atoms with Crippen molar-refractivity contribution in [1.82, 2.24) is 5.32 Å². The van der Waals surface area contributed by atoms with Crippen LogP contribution in [0.3, 0.4) is 0 Å². The normalized spacial score (nSPS) is 10.9. The first-order valence-corrected chi connectivity index (χ1v) is 7.19. The largest absolute Gasteiger partial charge is 0.497 e. The Morgan fingerprint density at radius 3 is 2.59 bits per heavy atom. The molecule has 0 aliphatic carbocycles. The molecule has 0 aliphatic rings. The van der Waals surface area contributed by atoms with Crippen molar-refractivity contribution in [3.05, 3.63) is 66.2 Å². The number of anilines is 1. The highest BCUT2D eigenvalue weighted by Gasteiger charge is 2.05. The van der Waals surface area contributed by atoms with Crippen molar-refractivity contribution in [2.45, 2.75) is 6.92 Å². The lowest BCUT2D eigenvalue weighted by Crippen LogP contribution is -2.21. The average molecular weight is 296 g/mol. The van der Waals surface area contributed by atoms with Crippen molar-refractivity contribution in [3.63, 3.8) is 0 Å². The van der Waals surface area contributed by atoms with Crippen molar-refractivity contribution in [1.29, 1.82) is 0 Å². The zero-order chi connectivity index (χ0) is 15.8. The van der Waals surface area contributed by atoms with Gasteiger partial charge in [0.05, 0.1) is 12.8 Å². The van der Waals surface area contributed by atoms with Crippen LogP contribution in [0.2, 0.25) is 0 Å². The van der Waals surface area contributed by atoms with Crippen LogP contribution in [0.5, 0.6) is 5.75 Å². The van der Waals surface area contributed by atoms with Gasteiger partial charge in [0.15, 0.2) is 0 Å². The molecule has 2 aromatic carbocycles. The van der Waals surface area contributed by atoms with Crippen LogP contribution in [0.15, 0.2) is 60.7 Å². The van der Waals surface area contributed by atoms with Gasteiger partial charge in [0.25, 0.3) is 0 Å². The third-order valence-corrected chi connectivity index (χ3v) is 3.06. The molecule has 4 nitrogen and oxygen atoms in total. The van der Waals surface area contributed by atoms with Crippen LogP contribution in [0.25, 0.3) is 5.70 Å². The van der Waals surface area contributed by atoms with E-state index in [4.69, 9.17) is 4.74 Å². The molecule has 0 aliphatic heterocycles. The summed E-state index contributed by atoms with van der Waals surface area (Å²) in [4.78, 5) is 11.9. The van der Waals surface area contributed by atoms with E-state index in [1.807, 2.05) is 61.5 Å². The molecule has 0 atom stereocenters. The molecule has 4 heteroatoms. The zero-order valence-electron chi connectivity index (χ0n) is 12.8. The van der Waals surface area contributed by atoms with Crippen LogP contribution in [0, 0.1) is 0 Å². The van der Waals surface area contributed by atoms with Gasteiger partial charge >= 0.3 is 0 Å². The van der Waals surface area contributed by atoms with Crippen LogP contribution in [0.4, 0.5) is 5.69 Å². The van der Waals surface area contributed by atoms with Crippen LogP contribution < -0.4 is 15.4 Å². The Morgan fingerprint density at radius 1 is 1.14 bits per heavy atom. The van der Waals surface area contributed by atoms with Gasteiger partial charge in [-0.05, 0) is 24.6 Å². The van der Waals surface area contributed by atoms with Crippen molar-refractivity contribution in [3.8, 4) is 5.75 Å². The summed E-state index contributed by atoms with van der Waals surface area (Å²) >= 11 is 0. The fourth-order valence-electron chi connectivity index (χ4n) is 2.02. The minimum Gasteiger partial charge on any atom is -0.497 e. The van der Waals surface area contributed by atoms with Crippen molar-refractivity contribution < 1.29 is 9.53 Å². The molecule has 2 N–H and O–H groups in total. The fraction of sp³-hybridized carbons (Fsp3) is 0.167. The molecule has 0 spiro atoms. The highest BCUT2D eigenvalue weighted by Crippen LogP contribution is 2.22. The molecule has 0 saturated heterocycles. The number of nitrogens with one attached hydrogen (secondary N) is 2. The van der Waals surface area contributed by atoms with Gasteiger partial charge in [-0.3, -0.25) is 4.79 Å². The Balaban J connectivity index is 2.30. The number of carbonyl (C=O) groups excluding carboxylic acids is 1. The van der Waals surface area contributed by atoms with Gasteiger partial charge in [-0.15, -0.1) is 0 Å². The predicted octanol–water partition coefficient (Wildman–Crippen LogP) is 3.28. The minimum atomic E-state index is -0.128. The van der Waals surface area contributed by atoms with Gasteiger partial charge in [0.1, 0.15) is 5.75 Å². The lowest BCUT2D eigenvalue weighted by molar-refractivity contribution is -0.116. The molecule has 0 aromatic heterocycles. The molecular formula is C18H20N2O2. The Labute approximate surface area is 130 Å². The zero-order valence-corrected chi connectivity index (χ0v) is 12.8. The van der Waals surface area contributed by atoms with Gasteiger partial charge in [0.2, 0.25) is 5.91 Å². The summed E-state index contributed by atoms with van der Waals surface area (Å²) in [6.07, 6.45) is 1.57. The van der Waals surface area contributed by atoms with Crippen molar-refractivity contribution in [2.24, 2.45) is 0 Å². The number of hydrogen-bond donors (Lipinski definition) is 2. The molecule has 0 radical (unpaired) electrons. The average Bonchev–Trinajstić information content (AvgIpc) is 2.55. The van der Waals surface area contributed by atoms with Gasteiger partial charge in [-0.25, -0.2) is 0 Å². The first-order chi connectivity index (χ1) is 10.7. The van der Waals surface area contributed by atoms with Crippen LogP contribution >= 0.6 is 0 Å². The smallest absolute Gasteiger partial charge is 0.246 e. The first kappa shape index (κ1) is 15.6. The van der Waals surface area contributed by atoms with E-state index >= 15 is 0 Å². The van der Waals surface area contributed by atoms with E-state index in [0.717, 1.165) is 22.7 Å². The van der Waals surface area contributed by atoms with E-state index in [-0.39, 0.29) is 5.91 Å². The molecule has 2 rings (SSSR count). The molecular weight excluding hydrogens is 276 g/mol. The second-order valence-electron chi connectivity index (χ2n) is 4.68. The Hall–Kier alpha value is -2.75. The molecule has 22 heavy (non-hydrogen) atoms. The molecule has 0 unspecified atom stereocenters. The van der Waals surface area contributed by atoms with Crippen molar-refractivity contribution in [2.75, 3.05) is 19.0 Å². The Bertz CT molecular complexity index is 651. The Kier molecular flexibility index (Phi) is 5.60. The highest BCUT2D eigenvalue weighted by atomic mass is 16.5. The molecule has 0 saturated carbocycles. The highest BCUT2D eigenvalue weighted by molar-refractivity contribution is 5.97. The lowest BCUT2D eigenvalue weighted by Gasteiger charge is -2.12.